The van der Waals surface area contributed by atoms with Crippen molar-refractivity contribution in [2.45, 2.75) is 45.8 Å². The Kier molecular flexibility index (Phi) is 3.66. The lowest BCUT2D eigenvalue weighted by atomic mass is 10.2. The molecule has 0 N–H and O–H groups in total. The van der Waals surface area contributed by atoms with Crippen LogP contribution in [0.15, 0.2) is 17.5 Å². The first-order chi connectivity index (χ1) is 9.29. The Hall–Kier alpha value is -1.20. The third-order valence-corrected chi connectivity index (χ3v) is 4.89. The van der Waals surface area contributed by atoms with Crippen molar-refractivity contribution in [3.8, 4) is 0 Å². The first kappa shape index (κ1) is 12.8. The number of hydrogen-bond donors (Lipinski definition) is 0. The molecule has 1 aliphatic rings. The van der Waals surface area contributed by atoms with Crippen LogP contribution in [-0.2, 0) is 13.1 Å². The molecule has 5 heteroatoms. The largest absolute Gasteiger partial charge is 0.290 e. The highest BCUT2D eigenvalue weighted by Crippen LogP contribution is 2.35. The predicted octanol–water partition coefficient (Wildman–Crippen LogP) is 3.01. The van der Waals surface area contributed by atoms with Gasteiger partial charge in [-0.2, -0.15) is 0 Å². The number of aryl methyl sites for hydroxylation is 2. The summed E-state index contributed by atoms with van der Waals surface area (Å²) in [6, 6.07) is 5.00. The highest BCUT2D eigenvalue weighted by atomic mass is 32.1. The van der Waals surface area contributed by atoms with Crippen LogP contribution < -0.4 is 0 Å². The summed E-state index contributed by atoms with van der Waals surface area (Å²) in [4.78, 5) is 4.06. The average Bonchev–Trinajstić information content (AvgIpc) is 3.12. The summed E-state index contributed by atoms with van der Waals surface area (Å²) >= 11 is 1.87. The third-order valence-electron chi connectivity index (χ3n) is 3.92. The summed E-state index contributed by atoms with van der Waals surface area (Å²) in [7, 11) is 0. The number of rotatable bonds is 4. The molecule has 0 amide bonds. The Balaban J connectivity index is 1.80. The second-order valence-corrected chi connectivity index (χ2v) is 6.06. The van der Waals surface area contributed by atoms with Gasteiger partial charge in [-0.15, -0.1) is 16.4 Å². The van der Waals surface area contributed by atoms with Gasteiger partial charge in [0, 0.05) is 24.0 Å². The van der Waals surface area contributed by atoms with E-state index in [-0.39, 0.29) is 0 Å². The van der Waals surface area contributed by atoms with E-state index in [1.54, 1.807) is 0 Å². The summed E-state index contributed by atoms with van der Waals surface area (Å²) in [6.07, 6.45) is 2.56. The molecule has 1 fully saturated rings. The van der Waals surface area contributed by atoms with Gasteiger partial charge in [-0.3, -0.25) is 4.90 Å². The van der Waals surface area contributed by atoms with Crippen LogP contribution in [0.5, 0.6) is 0 Å². The predicted molar refractivity (Wildman–Crippen MR) is 77.1 cm³/mol. The Morgan fingerprint density at radius 2 is 2.37 bits per heavy atom. The minimum atomic E-state index is 0.583. The lowest BCUT2D eigenvalue weighted by molar-refractivity contribution is 0.243. The topological polar surface area (TPSA) is 34.0 Å². The van der Waals surface area contributed by atoms with Gasteiger partial charge in [-0.25, -0.2) is 4.68 Å². The Morgan fingerprint density at radius 1 is 1.47 bits per heavy atom. The molecule has 1 unspecified atom stereocenters. The van der Waals surface area contributed by atoms with Crippen LogP contribution in [0.25, 0.3) is 0 Å². The van der Waals surface area contributed by atoms with Crippen LogP contribution in [0, 0.1) is 6.92 Å². The molecule has 0 spiro atoms. The Bertz CT molecular complexity index is 532. The summed E-state index contributed by atoms with van der Waals surface area (Å²) in [5.41, 5.74) is 2.34. The maximum Gasteiger partial charge on any atom is 0.0841 e. The second kappa shape index (κ2) is 5.43. The number of nitrogens with zero attached hydrogens (tertiary/aromatic N) is 4. The van der Waals surface area contributed by atoms with Crippen molar-refractivity contribution in [2.24, 2.45) is 0 Å². The molecule has 0 radical (unpaired) electrons. The molecule has 3 heterocycles. The van der Waals surface area contributed by atoms with E-state index < -0.39 is 0 Å². The van der Waals surface area contributed by atoms with Crippen molar-refractivity contribution in [2.75, 3.05) is 6.54 Å². The van der Waals surface area contributed by atoms with Crippen molar-refractivity contribution in [3.63, 3.8) is 0 Å². The molecule has 1 aliphatic heterocycles. The van der Waals surface area contributed by atoms with E-state index in [1.807, 2.05) is 16.0 Å². The summed E-state index contributed by atoms with van der Waals surface area (Å²) in [6.45, 7) is 7.23. The third kappa shape index (κ3) is 2.44. The molecule has 0 aromatic carbocycles. The lowest BCUT2D eigenvalue weighted by Crippen LogP contribution is -2.24. The minimum absolute atomic E-state index is 0.583. The number of aromatic nitrogens is 3. The molecule has 0 bridgehead atoms. The lowest BCUT2D eigenvalue weighted by Gasteiger charge is -2.23. The fourth-order valence-electron chi connectivity index (χ4n) is 2.88. The van der Waals surface area contributed by atoms with Crippen molar-refractivity contribution in [1.82, 2.24) is 19.9 Å². The zero-order valence-corrected chi connectivity index (χ0v) is 12.4. The molecule has 0 saturated carbocycles. The van der Waals surface area contributed by atoms with Gasteiger partial charge in [-0.1, -0.05) is 11.3 Å². The summed E-state index contributed by atoms with van der Waals surface area (Å²) in [5, 5.41) is 10.6. The summed E-state index contributed by atoms with van der Waals surface area (Å²) < 4.78 is 2.03. The van der Waals surface area contributed by atoms with Gasteiger partial charge in [0.05, 0.1) is 11.4 Å². The zero-order valence-electron chi connectivity index (χ0n) is 11.5. The van der Waals surface area contributed by atoms with Crippen LogP contribution >= 0.6 is 11.3 Å². The van der Waals surface area contributed by atoms with Gasteiger partial charge in [0.25, 0.3) is 0 Å². The van der Waals surface area contributed by atoms with Gasteiger partial charge < -0.3 is 0 Å². The number of thiophene rings is 1. The van der Waals surface area contributed by atoms with Gasteiger partial charge in [0.2, 0.25) is 0 Å². The van der Waals surface area contributed by atoms with Crippen molar-refractivity contribution >= 4 is 11.3 Å². The number of likely N-dealkylation sites (tertiary alicyclic amines) is 1. The minimum Gasteiger partial charge on any atom is -0.290 e. The first-order valence-corrected chi connectivity index (χ1v) is 7.84. The highest BCUT2D eigenvalue weighted by Gasteiger charge is 2.28. The molecular formula is C14H20N4S. The highest BCUT2D eigenvalue weighted by molar-refractivity contribution is 7.10. The monoisotopic (exact) mass is 276 g/mol. The van der Waals surface area contributed by atoms with E-state index in [4.69, 9.17) is 0 Å². The summed E-state index contributed by atoms with van der Waals surface area (Å²) in [5.74, 6) is 0. The fraction of sp³-hybridized carbons (Fsp3) is 0.571. The molecule has 2 aromatic heterocycles. The van der Waals surface area contributed by atoms with Gasteiger partial charge in [0.1, 0.15) is 0 Å². The van der Waals surface area contributed by atoms with Crippen molar-refractivity contribution in [3.05, 3.63) is 33.8 Å². The van der Waals surface area contributed by atoms with Gasteiger partial charge >= 0.3 is 0 Å². The SMILES string of the molecule is CCn1nnc(C)c1CN1CCCC1c1cccs1. The van der Waals surface area contributed by atoms with Crippen LogP contribution in [0.2, 0.25) is 0 Å². The van der Waals surface area contributed by atoms with Crippen LogP contribution in [0.1, 0.15) is 42.1 Å². The maximum absolute atomic E-state index is 4.21. The zero-order chi connectivity index (χ0) is 13.2. The average molecular weight is 276 g/mol. The molecule has 3 rings (SSSR count). The smallest absolute Gasteiger partial charge is 0.0841 e. The van der Waals surface area contributed by atoms with Crippen LogP contribution in [0.3, 0.4) is 0 Å². The quantitative estimate of drug-likeness (QED) is 0.861. The molecule has 1 atom stereocenters. The van der Waals surface area contributed by atoms with Crippen molar-refractivity contribution < 1.29 is 0 Å². The van der Waals surface area contributed by atoms with E-state index in [0.717, 1.165) is 18.8 Å². The normalized spacial score (nSPS) is 20.2. The molecule has 0 aliphatic carbocycles. The maximum atomic E-state index is 4.21. The second-order valence-electron chi connectivity index (χ2n) is 5.08. The van der Waals surface area contributed by atoms with E-state index in [0.29, 0.717) is 6.04 Å². The Labute approximate surface area is 118 Å². The molecule has 102 valence electrons. The molecule has 2 aromatic rings. The van der Waals surface area contributed by atoms with E-state index in [9.17, 15) is 0 Å². The fourth-order valence-corrected chi connectivity index (χ4v) is 3.78. The van der Waals surface area contributed by atoms with E-state index in [1.165, 1.54) is 30.0 Å². The Morgan fingerprint density at radius 3 is 3.11 bits per heavy atom. The molecular weight excluding hydrogens is 256 g/mol. The first-order valence-electron chi connectivity index (χ1n) is 6.96. The molecule has 19 heavy (non-hydrogen) atoms. The van der Waals surface area contributed by atoms with Gasteiger partial charge in [0.15, 0.2) is 0 Å². The number of hydrogen-bond acceptors (Lipinski definition) is 4. The van der Waals surface area contributed by atoms with Crippen molar-refractivity contribution in [1.29, 1.82) is 0 Å². The molecule has 1 saturated heterocycles. The van der Waals surface area contributed by atoms with E-state index >= 15 is 0 Å². The standard InChI is InChI=1S/C14H20N4S/c1-3-18-13(11(2)15-16-18)10-17-8-4-6-12(17)14-7-5-9-19-14/h5,7,9,12H,3-4,6,8,10H2,1-2H3. The van der Waals surface area contributed by atoms with E-state index in [2.05, 4.69) is 46.6 Å². The molecule has 4 nitrogen and oxygen atoms in total. The van der Waals surface area contributed by atoms with Crippen LogP contribution in [0.4, 0.5) is 0 Å². The van der Waals surface area contributed by atoms with Crippen LogP contribution in [-0.4, -0.2) is 26.4 Å². The van der Waals surface area contributed by atoms with Gasteiger partial charge in [-0.05, 0) is 44.7 Å².